The van der Waals surface area contributed by atoms with Gasteiger partial charge in [0, 0.05) is 31.2 Å². The molecular formula is C15H33N3. The Hall–Kier alpha value is -0.120. The number of nitrogens with zero attached hydrogens (tertiary/aromatic N) is 2. The van der Waals surface area contributed by atoms with E-state index >= 15 is 0 Å². The smallest absolute Gasteiger partial charge is 0.0195 e. The van der Waals surface area contributed by atoms with Crippen LogP contribution in [0.3, 0.4) is 0 Å². The van der Waals surface area contributed by atoms with E-state index in [1.807, 2.05) is 0 Å². The van der Waals surface area contributed by atoms with Crippen LogP contribution in [0.1, 0.15) is 47.0 Å². The molecule has 1 rings (SSSR count). The van der Waals surface area contributed by atoms with Crippen LogP contribution >= 0.6 is 0 Å². The second kappa shape index (κ2) is 8.13. The molecule has 0 aromatic heterocycles. The van der Waals surface area contributed by atoms with E-state index in [-0.39, 0.29) is 0 Å². The molecule has 108 valence electrons. The minimum absolute atomic E-state index is 0.699. The van der Waals surface area contributed by atoms with E-state index in [2.05, 4.69) is 49.9 Å². The SMILES string of the molecule is CCNC(CC)CCCN1CC(C)N(C)C(C)C1. The molecule has 1 N–H and O–H groups in total. The lowest BCUT2D eigenvalue weighted by Gasteiger charge is -2.42. The Balaban J connectivity index is 2.23. The zero-order valence-electron chi connectivity index (χ0n) is 13.1. The second-order valence-corrected chi connectivity index (χ2v) is 5.93. The maximum absolute atomic E-state index is 3.57. The Labute approximate surface area is 114 Å². The van der Waals surface area contributed by atoms with E-state index in [0.717, 1.165) is 12.6 Å². The van der Waals surface area contributed by atoms with Gasteiger partial charge in [0.2, 0.25) is 0 Å². The van der Waals surface area contributed by atoms with Gasteiger partial charge in [-0.3, -0.25) is 4.90 Å². The maximum Gasteiger partial charge on any atom is 0.0195 e. The van der Waals surface area contributed by atoms with E-state index in [1.54, 1.807) is 0 Å². The van der Waals surface area contributed by atoms with E-state index in [9.17, 15) is 0 Å². The van der Waals surface area contributed by atoms with Crippen molar-refractivity contribution < 1.29 is 0 Å². The Morgan fingerprint density at radius 3 is 2.28 bits per heavy atom. The van der Waals surface area contributed by atoms with Gasteiger partial charge in [-0.1, -0.05) is 13.8 Å². The molecule has 0 saturated carbocycles. The quantitative estimate of drug-likeness (QED) is 0.752. The lowest BCUT2D eigenvalue weighted by Crippen LogP contribution is -2.55. The van der Waals surface area contributed by atoms with Crippen LogP contribution in [-0.4, -0.2) is 61.2 Å². The fourth-order valence-corrected chi connectivity index (χ4v) is 3.00. The minimum atomic E-state index is 0.699. The molecule has 1 aliphatic rings. The largest absolute Gasteiger partial charge is 0.314 e. The first kappa shape index (κ1) is 15.9. The van der Waals surface area contributed by atoms with Crippen molar-refractivity contribution in [2.24, 2.45) is 0 Å². The van der Waals surface area contributed by atoms with Gasteiger partial charge in [-0.15, -0.1) is 0 Å². The van der Waals surface area contributed by atoms with Gasteiger partial charge in [-0.05, 0) is 53.2 Å². The van der Waals surface area contributed by atoms with Crippen LogP contribution in [0, 0.1) is 0 Å². The van der Waals surface area contributed by atoms with E-state index in [1.165, 1.54) is 38.9 Å². The van der Waals surface area contributed by atoms with Crippen molar-refractivity contribution in [3.63, 3.8) is 0 Å². The molecule has 0 spiro atoms. The summed E-state index contributed by atoms with van der Waals surface area (Å²) in [7, 11) is 2.25. The third-order valence-electron chi connectivity index (χ3n) is 4.45. The molecule has 0 radical (unpaired) electrons. The molecule has 18 heavy (non-hydrogen) atoms. The summed E-state index contributed by atoms with van der Waals surface area (Å²) in [6.45, 7) is 14.0. The molecule has 0 aliphatic carbocycles. The first-order valence-corrected chi connectivity index (χ1v) is 7.76. The van der Waals surface area contributed by atoms with Crippen molar-refractivity contribution in [1.82, 2.24) is 15.1 Å². The first-order valence-electron chi connectivity index (χ1n) is 7.76. The number of rotatable bonds is 7. The van der Waals surface area contributed by atoms with Gasteiger partial charge < -0.3 is 10.2 Å². The van der Waals surface area contributed by atoms with Gasteiger partial charge in [0.15, 0.2) is 0 Å². The van der Waals surface area contributed by atoms with Crippen molar-refractivity contribution in [1.29, 1.82) is 0 Å². The van der Waals surface area contributed by atoms with Crippen LogP contribution < -0.4 is 5.32 Å². The van der Waals surface area contributed by atoms with Crippen LogP contribution in [0.25, 0.3) is 0 Å². The van der Waals surface area contributed by atoms with Gasteiger partial charge in [0.25, 0.3) is 0 Å². The lowest BCUT2D eigenvalue weighted by atomic mass is 10.1. The van der Waals surface area contributed by atoms with Crippen LogP contribution in [0.15, 0.2) is 0 Å². The highest BCUT2D eigenvalue weighted by molar-refractivity contribution is 4.82. The van der Waals surface area contributed by atoms with Gasteiger partial charge in [0.05, 0.1) is 0 Å². The fourth-order valence-electron chi connectivity index (χ4n) is 3.00. The number of hydrogen-bond acceptors (Lipinski definition) is 3. The summed E-state index contributed by atoms with van der Waals surface area (Å²) in [5.74, 6) is 0. The Kier molecular flexibility index (Phi) is 7.20. The highest BCUT2D eigenvalue weighted by Gasteiger charge is 2.25. The molecule has 0 bridgehead atoms. The Bertz CT molecular complexity index is 208. The molecule has 1 fully saturated rings. The molecule has 1 aliphatic heterocycles. The summed E-state index contributed by atoms with van der Waals surface area (Å²) in [6.07, 6.45) is 3.90. The lowest BCUT2D eigenvalue weighted by molar-refractivity contribution is 0.0587. The monoisotopic (exact) mass is 255 g/mol. The normalized spacial score (nSPS) is 28.5. The summed E-state index contributed by atoms with van der Waals surface area (Å²) in [5.41, 5.74) is 0. The van der Waals surface area contributed by atoms with Crippen LogP contribution in [0.5, 0.6) is 0 Å². The van der Waals surface area contributed by atoms with Gasteiger partial charge in [-0.25, -0.2) is 0 Å². The average Bonchev–Trinajstić information content (AvgIpc) is 2.34. The van der Waals surface area contributed by atoms with E-state index in [0.29, 0.717) is 12.1 Å². The van der Waals surface area contributed by atoms with Gasteiger partial charge >= 0.3 is 0 Å². The van der Waals surface area contributed by atoms with E-state index < -0.39 is 0 Å². The molecule has 0 amide bonds. The maximum atomic E-state index is 3.57. The molecule has 0 aromatic carbocycles. The molecule has 1 heterocycles. The standard InChI is InChI=1S/C15H33N3/c1-6-15(16-7-2)9-8-10-18-11-13(3)17(5)14(4)12-18/h13-16H,6-12H2,1-5H3. The van der Waals surface area contributed by atoms with Crippen LogP contribution in [-0.2, 0) is 0 Å². The average molecular weight is 255 g/mol. The van der Waals surface area contributed by atoms with Crippen molar-refractivity contribution in [3.8, 4) is 0 Å². The Morgan fingerprint density at radius 1 is 1.17 bits per heavy atom. The van der Waals surface area contributed by atoms with Crippen molar-refractivity contribution in [2.45, 2.75) is 65.1 Å². The zero-order chi connectivity index (χ0) is 13.5. The Morgan fingerprint density at radius 2 is 1.78 bits per heavy atom. The van der Waals surface area contributed by atoms with Crippen LogP contribution in [0.4, 0.5) is 0 Å². The molecule has 3 atom stereocenters. The number of nitrogens with one attached hydrogen (secondary N) is 1. The molecule has 1 saturated heterocycles. The summed E-state index contributed by atoms with van der Waals surface area (Å²) < 4.78 is 0. The zero-order valence-corrected chi connectivity index (χ0v) is 13.1. The molecular weight excluding hydrogens is 222 g/mol. The molecule has 0 aromatic rings. The minimum Gasteiger partial charge on any atom is -0.314 e. The van der Waals surface area contributed by atoms with Crippen molar-refractivity contribution in [2.75, 3.05) is 33.2 Å². The van der Waals surface area contributed by atoms with Gasteiger partial charge in [0.1, 0.15) is 0 Å². The topological polar surface area (TPSA) is 18.5 Å². The summed E-state index contributed by atoms with van der Waals surface area (Å²) >= 11 is 0. The third kappa shape index (κ3) is 4.87. The van der Waals surface area contributed by atoms with Crippen molar-refractivity contribution >= 4 is 0 Å². The third-order valence-corrected chi connectivity index (χ3v) is 4.45. The highest BCUT2D eigenvalue weighted by Crippen LogP contribution is 2.14. The molecule has 3 nitrogen and oxygen atoms in total. The number of likely N-dealkylation sites (N-methyl/N-ethyl adjacent to an activating group) is 1. The summed E-state index contributed by atoms with van der Waals surface area (Å²) in [5, 5.41) is 3.57. The predicted molar refractivity (Wildman–Crippen MR) is 80.1 cm³/mol. The first-order chi connectivity index (χ1) is 8.58. The summed E-state index contributed by atoms with van der Waals surface area (Å²) in [4.78, 5) is 5.15. The predicted octanol–water partition coefficient (Wildman–Crippen LogP) is 2.18. The second-order valence-electron chi connectivity index (χ2n) is 5.93. The molecule has 3 heteroatoms. The highest BCUT2D eigenvalue weighted by atomic mass is 15.3. The van der Waals surface area contributed by atoms with Crippen molar-refractivity contribution in [3.05, 3.63) is 0 Å². The fraction of sp³-hybridized carbons (Fsp3) is 1.00. The van der Waals surface area contributed by atoms with Crippen LogP contribution in [0.2, 0.25) is 0 Å². The molecule has 3 unspecified atom stereocenters. The van der Waals surface area contributed by atoms with Gasteiger partial charge in [-0.2, -0.15) is 0 Å². The summed E-state index contributed by atoms with van der Waals surface area (Å²) in [6, 6.07) is 2.12. The number of piperazine rings is 1. The van der Waals surface area contributed by atoms with E-state index in [4.69, 9.17) is 0 Å². The number of hydrogen-bond donors (Lipinski definition) is 1.